The van der Waals surface area contributed by atoms with Gasteiger partial charge in [-0.2, -0.15) is 0 Å². The molecule has 112 valence electrons. The van der Waals surface area contributed by atoms with Crippen molar-refractivity contribution in [3.63, 3.8) is 0 Å². The highest BCUT2D eigenvalue weighted by Gasteiger charge is 2.10. The van der Waals surface area contributed by atoms with Crippen LogP contribution in [-0.2, 0) is 6.42 Å². The maximum Gasteiger partial charge on any atom is 0.407 e. The minimum atomic E-state index is -0.808. The summed E-state index contributed by atoms with van der Waals surface area (Å²) in [5.41, 5.74) is 1.17. The van der Waals surface area contributed by atoms with E-state index in [4.69, 9.17) is 0 Å². The predicted octanol–water partition coefficient (Wildman–Crippen LogP) is 4.94. The second kappa shape index (κ2) is 9.81. The van der Waals surface area contributed by atoms with Gasteiger partial charge in [0.2, 0.25) is 0 Å². The zero-order valence-corrected chi connectivity index (χ0v) is 13.7. The molecule has 0 atom stereocenters. The maximum absolute atomic E-state index is 11.2. The summed E-state index contributed by atoms with van der Waals surface area (Å²) >= 11 is 3.40. The zero-order chi connectivity index (χ0) is 14.8. The van der Waals surface area contributed by atoms with Gasteiger partial charge >= 0.3 is 6.09 Å². The second-order valence-corrected chi connectivity index (χ2v) is 5.98. The topological polar surface area (TPSA) is 40.5 Å². The van der Waals surface area contributed by atoms with Gasteiger partial charge in [0.25, 0.3) is 0 Å². The number of nitrogens with zero attached hydrogens (tertiary/aromatic N) is 1. The SMILES string of the molecule is CCCCCCCN(CCc1ccc(Br)cc1)C(=O)O. The van der Waals surface area contributed by atoms with Crippen molar-refractivity contribution in [3.8, 4) is 0 Å². The van der Waals surface area contributed by atoms with Gasteiger partial charge in [-0.25, -0.2) is 4.79 Å². The van der Waals surface area contributed by atoms with Gasteiger partial charge < -0.3 is 10.0 Å². The third-order valence-corrected chi connectivity index (χ3v) is 3.91. The molecule has 0 saturated heterocycles. The van der Waals surface area contributed by atoms with Gasteiger partial charge in [-0.3, -0.25) is 0 Å². The Balaban J connectivity index is 2.31. The first-order valence-corrected chi connectivity index (χ1v) is 8.15. The van der Waals surface area contributed by atoms with Crippen molar-refractivity contribution in [2.24, 2.45) is 0 Å². The molecule has 20 heavy (non-hydrogen) atoms. The highest BCUT2D eigenvalue weighted by molar-refractivity contribution is 9.10. The summed E-state index contributed by atoms with van der Waals surface area (Å²) in [4.78, 5) is 12.7. The van der Waals surface area contributed by atoms with Crippen molar-refractivity contribution < 1.29 is 9.90 Å². The molecule has 1 aromatic carbocycles. The molecule has 0 spiro atoms. The molecule has 0 aliphatic rings. The fraction of sp³-hybridized carbons (Fsp3) is 0.562. The van der Waals surface area contributed by atoms with E-state index >= 15 is 0 Å². The number of amides is 1. The van der Waals surface area contributed by atoms with Gasteiger partial charge in [0.05, 0.1) is 0 Å². The van der Waals surface area contributed by atoms with E-state index < -0.39 is 6.09 Å². The molecule has 0 aliphatic heterocycles. The van der Waals surface area contributed by atoms with Crippen molar-refractivity contribution in [1.29, 1.82) is 0 Å². The van der Waals surface area contributed by atoms with Crippen molar-refractivity contribution in [2.45, 2.75) is 45.4 Å². The molecule has 4 heteroatoms. The number of unbranched alkanes of at least 4 members (excludes halogenated alkanes) is 4. The molecule has 1 amide bonds. The van der Waals surface area contributed by atoms with Crippen LogP contribution in [0.4, 0.5) is 4.79 Å². The molecule has 1 N–H and O–H groups in total. The average molecular weight is 342 g/mol. The molecule has 0 bridgehead atoms. The number of hydrogen-bond acceptors (Lipinski definition) is 1. The van der Waals surface area contributed by atoms with E-state index in [2.05, 4.69) is 22.9 Å². The van der Waals surface area contributed by atoms with Crippen molar-refractivity contribution in [2.75, 3.05) is 13.1 Å². The van der Waals surface area contributed by atoms with Gasteiger partial charge in [0, 0.05) is 17.6 Å². The molecule has 0 saturated carbocycles. The minimum Gasteiger partial charge on any atom is -0.465 e. The molecule has 0 heterocycles. The molecule has 0 aliphatic carbocycles. The van der Waals surface area contributed by atoms with Gasteiger partial charge in [0.15, 0.2) is 0 Å². The van der Waals surface area contributed by atoms with Crippen LogP contribution in [-0.4, -0.2) is 29.2 Å². The van der Waals surface area contributed by atoms with Crippen LogP contribution in [0.2, 0.25) is 0 Å². The Kier molecular flexibility index (Phi) is 8.35. The smallest absolute Gasteiger partial charge is 0.407 e. The number of rotatable bonds is 9. The first-order valence-electron chi connectivity index (χ1n) is 7.35. The summed E-state index contributed by atoms with van der Waals surface area (Å²) in [6.07, 6.45) is 5.71. The molecule has 3 nitrogen and oxygen atoms in total. The van der Waals surface area contributed by atoms with Gasteiger partial charge in [-0.05, 0) is 30.5 Å². The highest BCUT2D eigenvalue weighted by Crippen LogP contribution is 2.11. The normalized spacial score (nSPS) is 10.5. The lowest BCUT2D eigenvalue weighted by molar-refractivity contribution is 0.144. The van der Waals surface area contributed by atoms with Crippen LogP contribution in [0.25, 0.3) is 0 Å². The molecular weight excluding hydrogens is 318 g/mol. The third-order valence-electron chi connectivity index (χ3n) is 3.39. The van der Waals surface area contributed by atoms with Crippen molar-refractivity contribution >= 4 is 22.0 Å². The number of carbonyl (C=O) groups is 1. The highest BCUT2D eigenvalue weighted by atomic mass is 79.9. The third kappa shape index (κ3) is 6.94. The van der Waals surface area contributed by atoms with Crippen LogP contribution >= 0.6 is 15.9 Å². The van der Waals surface area contributed by atoms with E-state index in [9.17, 15) is 9.90 Å². The van der Waals surface area contributed by atoms with E-state index in [0.29, 0.717) is 13.1 Å². The minimum absolute atomic E-state index is 0.574. The lowest BCUT2D eigenvalue weighted by atomic mass is 10.1. The molecule has 0 fully saturated rings. The predicted molar refractivity (Wildman–Crippen MR) is 86.2 cm³/mol. The molecule has 0 unspecified atom stereocenters. The standard InChI is InChI=1S/C16H24BrNO2/c1-2-3-4-5-6-12-18(16(19)20)13-11-14-7-9-15(17)10-8-14/h7-10H,2-6,11-13H2,1H3,(H,19,20). The summed E-state index contributed by atoms with van der Waals surface area (Å²) < 4.78 is 1.05. The summed E-state index contributed by atoms with van der Waals surface area (Å²) in [6.45, 7) is 3.40. The van der Waals surface area contributed by atoms with E-state index in [1.807, 2.05) is 24.3 Å². The van der Waals surface area contributed by atoms with Crippen LogP contribution in [0.3, 0.4) is 0 Å². The molecule has 0 radical (unpaired) electrons. The molecule has 0 aromatic heterocycles. The van der Waals surface area contributed by atoms with Gasteiger partial charge in [-0.1, -0.05) is 60.7 Å². The van der Waals surface area contributed by atoms with E-state index in [0.717, 1.165) is 23.7 Å². The Hall–Kier alpha value is -1.03. The monoisotopic (exact) mass is 341 g/mol. The number of benzene rings is 1. The summed E-state index contributed by atoms with van der Waals surface area (Å²) in [5, 5.41) is 9.22. The first kappa shape index (κ1) is 17.0. The number of hydrogen-bond donors (Lipinski definition) is 1. The van der Waals surface area contributed by atoms with Crippen molar-refractivity contribution in [1.82, 2.24) is 4.90 Å². The Labute approximate surface area is 130 Å². The first-order chi connectivity index (χ1) is 9.63. The van der Waals surface area contributed by atoms with E-state index in [1.165, 1.54) is 29.7 Å². The fourth-order valence-corrected chi connectivity index (χ4v) is 2.39. The van der Waals surface area contributed by atoms with Gasteiger partial charge in [-0.15, -0.1) is 0 Å². The average Bonchev–Trinajstić information content (AvgIpc) is 2.43. The largest absolute Gasteiger partial charge is 0.465 e. The zero-order valence-electron chi connectivity index (χ0n) is 12.1. The summed E-state index contributed by atoms with van der Waals surface area (Å²) in [7, 11) is 0. The Bertz CT molecular complexity index is 392. The van der Waals surface area contributed by atoms with Crippen LogP contribution < -0.4 is 0 Å². The lowest BCUT2D eigenvalue weighted by Gasteiger charge is -2.19. The van der Waals surface area contributed by atoms with E-state index in [-0.39, 0.29) is 0 Å². The quantitative estimate of drug-likeness (QED) is 0.646. The summed E-state index contributed by atoms with van der Waals surface area (Å²) in [6, 6.07) is 8.05. The molecule has 1 aromatic rings. The van der Waals surface area contributed by atoms with Crippen LogP contribution in [0, 0.1) is 0 Å². The van der Waals surface area contributed by atoms with Crippen LogP contribution in [0.1, 0.15) is 44.6 Å². The lowest BCUT2D eigenvalue weighted by Crippen LogP contribution is -2.32. The van der Waals surface area contributed by atoms with Crippen LogP contribution in [0.15, 0.2) is 28.7 Å². The molecular formula is C16H24BrNO2. The molecule has 1 rings (SSSR count). The Morgan fingerprint density at radius 2 is 1.75 bits per heavy atom. The van der Waals surface area contributed by atoms with E-state index in [1.54, 1.807) is 0 Å². The fourth-order valence-electron chi connectivity index (χ4n) is 2.12. The maximum atomic E-state index is 11.2. The number of halogens is 1. The van der Waals surface area contributed by atoms with Crippen LogP contribution in [0.5, 0.6) is 0 Å². The van der Waals surface area contributed by atoms with Crippen molar-refractivity contribution in [3.05, 3.63) is 34.3 Å². The van der Waals surface area contributed by atoms with Gasteiger partial charge in [0.1, 0.15) is 0 Å². The Morgan fingerprint density at radius 1 is 1.10 bits per heavy atom. The summed E-state index contributed by atoms with van der Waals surface area (Å²) in [5.74, 6) is 0. The second-order valence-electron chi connectivity index (χ2n) is 5.06. The Morgan fingerprint density at radius 3 is 2.35 bits per heavy atom. The number of carboxylic acid groups (broad SMARTS) is 1.